The highest BCUT2D eigenvalue weighted by Crippen LogP contribution is 2.33. The lowest BCUT2D eigenvalue weighted by Crippen LogP contribution is -2.10. The van der Waals surface area contributed by atoms with Gasteiger partial charge in [0.1, 0.15) is 17.6 Å². The molecule has 4 nitrogen and oxygen atoms in total. The molecule has 3 aromatic rings. The number of ether oxygens (including phenoxy) is 2. The van der Waals surface area contributed by atoms with Crippen molar-refractivity contribution in [1.82, 2.24) is 0 Å². The van der Waals surface area contributed by atoms with Crippen molar-refractivity contribution in [1.29, 1.82) is 5.26 Å². The molecule has 0 N–H and O–H groups in total. The molecule has 3 rings (SSSR count). The number of hydrogen-bond donors (Lipinski definition) is 0. The van der Waals surface area contributed by atoms with Crippen LogP contribution in [0.3, 0.4) is 0 Å². The minimum absolute atomic E-state index is 0.237. The number of rotatable bonds is 7. The Balaban J connectivity index is 1.91. The summed E-state index contributed by atoms with van der Waals surface area (Å²) in [5.74, 6) is 0.494. The number of para-hydroxylation sites is 1. The monoisotopic (exact) mass is 405 g/mol. The molecule has 0 radical (unpaired) electrons. The maximum Gasteiger partial charge on any atom is 0.344 e. The van der Waals surface area contributed by atoms with Crippen LogP contribution in [0.1, 0.15) is 35.7 Å². The number of esters is 1. The summed E-state index contributed by atoms with van der Waals surface area (Å²) in [6.07, 6.45) is 2.00. The lowest BCUT2D eigenvalue weighted by Gasteiger charge is -2.14. The summed E-state index contributed by atoms with van der Waals surface area (Å²) >= 11 is 6.04. The van der Waals surface area contributed by atoms with Crippen LogP contribution in [0.2, 0.25) is 5.02 Å². The Morgan fingerprint density at radius 3 is 2.48 bits per heavy atom. The highest BCUT2D eigenvalue weighted by atomic mass is 35.5. The summed E-state index contributed by atoms with van der Waals surface area (Å²) in [4.78, 5) is 12.9. The van der Waals surface area contributed by atoms with E-state index in [2.05, 4.69) is 6.92 Å². The predicted octanol–water partition coefficient (Wildman–Crippen LogP) is 6.28. The van der Waals surface area contributed by atoms with E-state index in [4.69, 9.17) is 26.3 Å². The molecule has 0 saturated heterocycles. The standard InChI is InChI=1S/C24H20ClNO3/c1-2-3-14-28-23-11-7-6-9-20(23)19-8-4-5-10-21(19)24(27)29-18-13-12-17(16-26)22(25)15-18/h4-13,15H,2-3,14H2,1H3. The fourth-order valence-electron chi connectivity index (χ4n) is 2.85. The van der Waals surface area contributed by atoms with E-state index < -0.39 is 5.97 Å². The third-order valence-corrected chi connectivity index (χ3v) is 4.66. The molecule has 29 heavy (non-hydrogen) atoms. The van der Waals surface area contributed by atoms with Gasteiger partial charge in [0.15, 0.2) is 0 Å². The average molecular weight is 406 g/mol. The van der Waals surface area contributed by atoms with E-state index in [1.165, 1.54) is 12.1 Å². The van der Waals surface area contributed by atoms with Gasteiger partial charge in [-0.25, -0.2) is 4.79 Å². The van der Waals surface area contributed by atoms with Crippen molar-refractivity contribution in [2.45, 2.75) is 19.8 Å². The predicted molar refractivity (Wildman–Crippen MR) is 113 cm³/mol. The summed E-state index contributed by atoms with van der Waals surface area (Å²) in [6.45, 7) is 2.72. The number of nitriles is 1. The first kappa shape index (κ1) is 20.4. The molecule has 0 aliphatic rings. The Bertz CT molecular complexity index is 1060. The Morgan fingerprint density at radius 2 is 1.76 bits per heavy atom. The van der Waals surface area contributed by atoms with Gasteiger partial charge in [0, 0.05) is 11.6 Å². The normalized spacial score (nSPS) is 10.2. The zero-order chi connectivity index (χ0) is 20.6. The van der Waals surface area contributed by atoms with Crippen LogP contribution in [0.15, 0.2) is 66.7 Å². The molecule has 0 unspecified atom stereocenters. The number of halogens is 1. The lowest BCUT2D eigenvalue weighted by molar-refractivity contribution is 0.0735. The molecule has 0 saturated carbocycles. The Labute approximate surface area is 175 Å². The zero-order valence-electron chi connectivity index (χ0n) is 16.0. The van der Waals surface area contributed by atoms with Crippen LogP contribution < -0.4 is 9.47 Å². The Kier molecular flexibility index (Phi) is 6.89. The Hall–Kier alpha value is -3.29. The maximum absolute atomic E-state index is 12.9. The van der Waals surface area contributed by atoms with Crippen LogP contribution in [0.25, 0.3) is 11.1 Å². The number of unbranched alkanes of at least 4 members (excludes halogenated alkanes) is 1. The van der Waals surface area contributed by atoms with E-state index in [1.807, 2.05) is 42.5 Å². The van der Waals surface area contributed by atoms with E-state index in [1.54, 1.807) is 18.2 Å². The molecular formula is C24H20ClNO3. The van der Waals surface area contributed by atoms with Crippen LogP contribution in [0.5, 0.6) is 11.5 Å². The molecule has 0 heterocycles. The third kappa shape index (κ3) is 4.96. The minimum atomic E-state index is -0.510. The summed E-state index contributed by atoms with van der Waals surface area (Å²) in [6, 6.07) is 21.4. The number of nitrogens with zero attached hydrogens (tertiary/aromatic N) is 1. The van der Waals surface area contributed by atoms with E-state index in [-0.39, 0.29) is 10.8 Å². The molecule has 0 aliphatic carbocycles. The molecule has 146 valence electrons. The molecule has 0 aliphatic heterocycles. The largest absolute Gasteiger partial charge is 0.493 e. The van der Waals surface area contributed by atoms with Crippen molar-refractivity contribution in [3.63, 3.8) is 0 Å². The molecule has 0 aromatic heterocycles. The van der Waals surface area contributed by atoms with Crippen LogP contribution >= 0.6 is 11.6 Å². The molecule has 0 amide bonds. The topological polar surface area (TPSA) is 59.3 Å². The fourth-order valence-corrected chi connectivity index (χ4v) is 3.06. The van der Waals surface area contributed by atoms with Crippen molar-refractivity contribution < 1.29 is 14.3 Å². The molecular weight excluding hydrogens is 386 g/mol. The van der Waals surface area contributed by atoms with Gasteiger partial charge in [0.25, 0.3) is 0 Å². The van der Waals surface area contributed by atoms with Gasteiger partial charge in [-0.05, 0) is 36.2 Å². The van der Waals surface area contributed by atoms with E-state index in [0.29, 0.717) is 17.7 Å². The third-order valence-electron chi connectivity index (χ3n) is 4.35. The van der Waals surface area contributed by atoms with Crippen LogP contribution in [0.4, 0.5) is 0 Å². The lowest BCUT2D eigenvalue weighted by atomic mass is 9.99. The van der Waals surface area contributed by atoms with Crippen molar-refractivity contribution in [3.05, 3.63) is 82.9 Å². The molecule has 0 bridgehead atoms. The summed E-state index contributed by atoms with van der Waals surface area (Å²) in [5, 5.41) is 9.22. The van der Waals surface area contributed by atoms with E-state index in [9.17, 15) is 4.79 Å². The fraction of sp³-hybridized carbons (Fsp3) is 0.167. The van der Waals surface area contributed by atoms with Crippen molar-refractivity contribution in [2.24, 2.45) is 0 Å². The summed E-state index contributed by atoms with van der Waals surface area (Å²) in [7, 11) is 0. The number of carbonyl (C=O) groups is 1. The van der Waals surface area contributed by atoms with Gasteiger partial charge >= 0.3 is 5.97 Å². The Morgan fingerprint density at radius 1 is 1.03 bits per heavy atom. The van der Waals surface area contributed by atoms with Gasteiger partial charge in [0.05, 0.1) is 22.8 Å². The maximum atomic E-state index is 12.9. The first-order valence-corrected chi connectivity index (χ1v) is 9.75. The number of hydrogen-bond acceptors (Lipinski definition) is 4. The number of benzene rings is 3. The van der Waals surface area contributed by atoms with E-state index in [0.717, 1.165) is 29.7 Å². The van der Waals surface area contributed by atoms with Crippen LogP contribution in [-0.2, 0) is 0 Å². The van der Waals surface area contributed by atoms with Gasteiger partial charge in [-0.15, -0.1) is 0 Å². The number of carbonyl (C=O) groups excluding carboxylic acids is 1. The average Bonchev–Trinajstić information content (AvgIpc) is 2.74. The van der Waals surface area contributed by atoms with Crippen LogP contribution in [-0.4, -0.2) is 12.6 Å². The molecule has 5 heteroatoms. The quantitative estimate of drug-likeness (QED) is 0.264. The van der Waals surface area contributed by atoms with Crippen molar-refractivity contribution in [3.8, 4) is 28.7 Å². The van der Waals surface area contributed by atoms with Gasteiger partial charge in [-0.3, -0.25) is 0 Å². The second-order valence-electron chi connectivity index (χ2n) is 6.39. The molecule has 0 fully saturated rings. The van der Waals surface area contributed by atoms with Gasteiger partial charge < -0.3 is 9.47 Å². The highest BCUT2D eigenvalue weighted by Gasteiger charge is 2.17. The first-order valence-electron chi connectivity index (χ1n) is 9.37. The van der Waals surface area contributed by atoms with E-state index >= 15 is 0 Å². The summed E-state index contributed by atoms with van der Waals surface area (Å²) in [5.41, 5.74) is 2.29. The van der Waals surface area contributed by atoms with Crippen LogP contribution in [0, 0.1) is 11.3 Å². The summed E-state index contributed by atoms with van der Waals surface area (Å²) < 4.78 is 11.4. The smallest absolute Gasteiger partial charge is 0.344 e. The second kappa shape index (κ2) is 9.77. The SMILES string of the molecule is CCCCOc1ccccc1-c1ccccc1C(=O)Oc1ccc(C#N)c(Cl)c1. The van der Waals surface area contributed by atoms with Gasteiger partial charge in [-0.2, -0.15) is 5.26 Å². The van der Waals surface area contributed by atoms with Gasteiger partial charge in [0.2, 0.25) is 0 Å². The first-order chi connectivity index (χ1) is 14.1. The van der Waals surface area contributed by atoms with Gasteiger partial charge in [-0.1, -0.05) is 61.3 Å². The zero-order valence-corrected chi connectivity index (χ0v) is 16.8. The minimum Gasteiger partial charge on any atom is -0.493 e. The molecule has 3 aromatic carbocycles. The van der Waals surface area contributed by atoms with Crippen molar-refractivity contribution >= 4 is 17.6 Å². The highest BCUT2D eigenvalue weighted by molar-refractivity contribution is 6.31. The molecule has 0 spiro atoms. The second-order valence-corrected chi connectivity index (χ2v) is 6.79. The van der Waals surface area contributed by atoms with Crippen molar-refractivity contribution in [2.75, 3.05) is 6.61 Å². The molecule has 0 atom stereocenters.